The first-order chi connectivity index (χ1) is 10.7. The third kappa shape index (κ3) is 3.28. The molecule has 0 atom stereocenters. The Morgan fingerprint density at radius 1 is 0.909 bits per heavy atom. The lowest BCUT2D eigenvalue weighted by Crippen LogP contribution is -2.12. The van der Waals surface area contributed by atoms with E-state index < -0.39 is 5.97 Å². The molecule has 0 aliphatic rings. The number of carbonyl (C=O) groups is 2. The van der Waals surface area contributed by atoms with Gasteiger partial charge in [-0.15, -0.1) is 0 Å². The summed E-state index contributed by atoms with van der Waals surface area (Å²) in [6.07, 6.45) is 0.285. The standard InChI is InChI=1S/C18H15FO3/c1-2-15(17(20)14-11-7-4-8-12-14)16(18(21)22-19)13-9-5-3-6-10-13/h3-12H,2H2,1H3. The maximum absolute atomic E-state index is 12.6. The molecule has 0 amide bonds. The van der Waals surface area contributed by atoms with Gasteiger partial charge < -0.3 is 0 Å². The van der Waals surface area contributed by atoms with Crippen molar-refractivity contribution in [2.75, 3.05) is 0 Å². The van der Waals surface area contributed by atoms with E-state index >= 15 is 0 Å². The van der Waals surface area contributed by atoms with Crippen LogP contribution in [0.5, 0.6) is 0 Å². The molecule has 3 nitrogen and oxygen atoms in total. The summed E-state index contributed by atoms with van der Waals surface area (Å²) in [5, 5.41) is 0. The Morgan fingerprint density at radius 3 is 1.86 bits per heavy atom. The first-order valence-electron chi connectivity index (χ1n) is 6.90. The van der Waals surface area contributed by atoms with E-state index in [-0.39, 0.29) is 23.4 Å². The molecule has 0 aromatic heterocycles. The minimum absolute atomic E-state index is 0.0422. The smallest absolute Gasteiger partial charge is 0.289 e. The third-order valence-electron chi connectivity index (χ3n) is 3.30. The second kappa shape index (κ2) is 7.31. The van der Waals surface area contributed by atoms with Gasteiger partial charge in [0.2, 0.25) is 0 Å². The van der Waals surface area contributed by atoms with Crippen LogP contribution in [-0.2, 0) is 9.74 Å². The van der Waals surface area contributed by atoms with Crippen molar-refractivity contribution in [2.24, 2.45) is 0 Å². The molecule has 0 saturated heterocycles. The van der Waals surface area contributed by atoms with Crippen LogP contribution in [0.3, 0.4) is 0 Å². The number of hydrogen-bond donors (Lipinski definition) is 0. The van der Waals surface area contributed by atoms with Crippen molar-refractivity contribution in [3.8, 4) is 0 Å². The summed E-state index contributed by atoms with van der Waals surface area (Å²) in [6.45, 7) is 1.74. The normalized spacial score (nSPS) is 11.5. The van der Waals surface area contributed by atoms with Crippen molar-refractivity contribution >= 4 is 17.3 Å². The van der Waals surface area contributed by atoms with Crippen LogP contribution >= 0.6 is 0 Å². The van der Waals surface area contributed by atoms with Crippen molar-refractivity contribution in [3.05, 3.63) is 77.4 Å². The molecule has 2 aromatic carbocycles. The van der Waals surface area contributed by atoms with Crippen molar-refractivity contribution in [1.82, 2.24) is 0 Å². The lowest BCUT2D eigenvalue weighted by Gasteiger charge is -2.11. The molecule has 0 spiro atoms. The fourth-order valence-electron chi connectivity index (χ4n) is 2.27. The predicted molar refractivity (Wildman–Crippen MR) is 81.6 cm³/mol. The molecule has 2 rings (SSSR count). The molecular formula is C18H15FO3. The number of allylic oxidation sites excluding steroid dienone is 1. The van der Waals surface area contributed by atoms with Crippen LogP contribution < -0.4 is 0 Å². The van der Waals surface area contributed by atoms with Crippen LogP contribution in [0.25, 0.3) is 5.57 Å². The van der Waals surface area contributed by atoms with Crippen molar-refractivity contribution in [3.63, 3.8) is 0 Å². The van der Waals surface area contributed by atoms with E-state index in [4.69, 9.17) is 0 Å². The van der Waals surface area contributed by atoms with E-state index in [1.54, 1.807) is 67.6 Å². The number of hydrogen-bond acceptors (Lipinski definition) is 3. The van der Waals surface area contributed by atoms with Crippen molar-refractivity contribution in [1.29, 1.82) is 0 Å². The van der Waals surface area contributed by atoms with E-state index in [0.29, 0.717) is 11.1 Å². The second-order valence-electron chi connectivity index (χ2n) is 4.63. The molecule has 0 N–H and O–H groups in total. The molecule has 4 heteroatoms. The Hall–Kier alpha value is -2.75. The highest BCUT2D eigenvalue weighted by Gasteiger charge is 2.24. The Bertz CT molecular complexity index is 691. The summed E-state index contributed by atoms with van der Waals surface area (Å²) in [7, 11) is 0. The van der Waals surface area contributed by atoms with Gasteiger partial charge in [-0.3, -0.25) is 4.79 Å². The number of benzene rings is 2. The van der Waals surface area contributed by atoms with Gasteiger partial charge in [-0.25, -0.2) is 9.74 Å². The van der Waals surface area contributed by atoms with E-state index in [0.717, 1.165) is 0 Å². The molecule has 2 aromatic rings. The van der Waals surface area contributed by atoms with Gasteiger partial charge in [0, 0.05) is 15.7 Å². The highest BCUT2D eigenvalue weighted by molar-refractivity contribution is 6.26. The molecule has 0 radical (unpaired) electrons. The van der Waals surface area contributed by atoms with Crippen LogP contribution in [0.4, 0.5) is 4.53 Å². The first-order valence-corrected chi connectivity index (χ1v) is 6.90. The van der Waals surface area contributed by atoms with Crippen LogP contribution in [0, 0.1) is 0 Å². The molecule has 22 heavy (non-hydrogen) atoms. The third-order valence-corrected chi connectivity index (χ3v) is 3.30. The quantitative estimate of drug-likeness (QED) is 0.615. The Kier molecular flexibility index (Phi) is 5.20. The van der Waals surface area contributed by atoms with Crippen LogP contribution in [-0.4, -0.2) is 11.8 Å². The highest BCUT2D eigenvalue weighted by Crippen LogP contribution is 2.25. The molecule has 0 heterocycles. The average molecular weight is 298 g/mol. The fourth-order valence-corrected chi connectivity index (χ4v) is 2.27. The van der Waals surface area contributed by atoms with Gasteiger partial charge in [-0.05, 0) is 12.0 Å². The van der Waals surface area contributed by atoms with Crippen molar-refractivity contribution in [2.45, 2.75) is 13.3 Å². The van der Waals surface area contributed by atoms with Gasteiger partial charge in [-0.2, -0.15) is 0 Å². The summed E-state index contributed by atoms with van der Waals surface area (Å²) in [5.74, 6) is -1.47. The van der Waals surface area contributed by atoms with E-state index in [1.165, 1.54) is 0 Å². The van der Waals surface area contributed by atoms with Gasteiger partial charge in [0.05, 0.1) is 5.57 Å². The zero-order valence-corrected chi connectivity index (χ0v) is 12.1. The molecule has 0 aliphatic carbocycles. The van der Waals surface area contributed by atoms with Gasteiger partial charge in [-0.1, -0.05) is 67.6 Å². The van der Waals surface area contributed by atoms with E-state index in [1.807, 2.05) is 0 Å². The first kappa shape index (κ1) is 15.6. The highest BCUT2D eigenvalue weighted by atomic mass is 19.3. The predicted octanol–water partition coefficient (Wildman–Crippen LogP) is 4.16. The number of halogens is 1. The zero-order chi connectivity index (χ0) is 15.9. The number of rotatable bonds is 5. The Labute approximate surface area is 127 Å². The van der Waals surface area contributed by atoms with Gasteiger partial charge in [0.25, 0.3) is 0 Å². The van der Waals surface area contributed by atoms with Gasteiger partial charge in [0.1, 0.15) is 0 Å². The number of carbonyl (C=O) groups excluding carboxylic acids is 2. The zero-order valence-electron chi connectivity index (χ0n) is 12.1. The van der Waals surface area contributed by atoms with Crippen LogP contribution in [0.2, 0.25) is 0 Å². The van der Waals surface area contributed by atoms with Crippen molar-refractivity contribution < 1.29 is 19.1 Å². The molecule has 0 fully saturated rings. The summed E-state index contributed by atoms with van der Waals surface area (Å²) in [5.41, 5.74) is 1.07. The SMILES string of the molecule is CCC(C(=O)c1ccccc1)=C(C(=O)OF)c1ccccc1. The topological polar surface area (TPSA) is 43.4 Å². The molecule has 112 valence electrons. The average Bonchev–Trinajstić information content (AvgIpc) is 2.60. The molecule has 0 unspecified atom stereocenters. The molecular weight excluding hydrogens is 283 g/mol. The lowest BCUT2D eigenvalue weighted by molar-refractivity contribution is -0.175. The molecule has 0 saturated carbocycles. The van der Waals surface area contributed by atoms with E-state index in [9.17, 15) is 14.1 Å². The monoisotopic (exact) mass is 298 g/mol. The summed E-state index contributed by atoms with van der Waals surface area (Å²) < 4.78 is 12.5. The van der Waals surface area contributed by atoms with Gasteiger partial charge in [0.15, 0.2) is 5.78 Å². The fraction of sp³-hybridized carbons (Fsp3) is 0.111. The Morgan fingerprint density at radius 2 is 1.41 bits per heavy atom. The van der Waals surface area contributed by atoms with Crippen LogP contribution in [0.15, 0.2) is 66.2 Å². The second-order valence-corrected chi connectivity index (χ2v) is 4.63. The molecule has 0 bridgehead atoms. The van der Waals surface area contributed by atoms with Gasteiger partial charge >= 0.3 is 5.97 Å². The minimum atomic E-state index is -1.16. The lowest BCUT2D eigenvalue weighted by atomic mass is 9.92. The number of Topliss-reactive ketones (excluding diaryl/α,β-unsaturated/α-hetero) is 1. The molecule has 0 aliphatic heterocycles. The minimum Gasteiger partial charge on any atom is -0.289 e. The number of ketones is 1. The Balaban J connectivity index is 2.60. The van der Waals surface area contributed by atoms with E-state index in [2.05, 4.69) is 4.94 Å². The maximum Gasteiger partial charge on any atom is 0.380 e. The maximum atomic E-state index is 12.6. The summed E-state index contributed by atoms with van der Waals surface area (Å²) >= 11 is 0. The summed E-state index contributed by atoms with van der Waals surface area (Å²) in [6, 6.07) is 17.0. The van der Waals surface area contributed by atoms with Crippen LogP contribution in [0.1, 0.15) is 29.3 Å². The largest absolute Gasteiger partial charge is 0.380 e. The summed E-state index contributed by atoms with van der Waals surface area (Å²) in [4.78, 5) is 27.9.